The Morgan fingerprint density at radius 3 is 2.29 bits per heavy atom. The molecule has 1 saturated heterocycles. The molecule has 1 aromatic carbocycles. The molecule has 8 heteroatoms. The first-order valence-electron chi connectivity index (χ1n) is 8.96. The molecule has 0 atom stereocenters. The largest absolute Gasteiger partial charge is 0.433 e. The zero-order valence-electron chi connectivity index (χ0n) is 15.3. The van der Waals surface area contributed by atoms with E-state index in [1.807, 2.05) is 18.2 Å². The molecular formula is C20H20F3N3O2. The number of nitrogens with zero attached hydrogens (tertiary/aromatic N) is 2. The lowest BCUT2D eigenvalue weighted by atomic mass is 9.95. The van der Waals surface area contributed by atoms with Gasteiger partial charge in [-0.3, -0.25) is 9.59 Å². The van der Waals surface area contributed by atoms with Gasteiger partial charge in [-0.1, -0.05) is 18.2 Å². The van der Waals surface area contributed by atoms with Gasteiger partial charge in [0.2, 0.25) is 5.91 Å². The molecule has 0 bridgehead atoms. The molecule has 0 spiro atoms. The van der Waals surface area contributed by atoms with E-state index in [2.05, 4.69) is 10.3 Å². The van der Waals surface area contributed by atoms with Gasteiger partial charge in [-0.05, 0) is 44.0 Å². The summed E-state index contributed by atoms with van der Waals surface area (Å²) < 4.78 is 38.2. The summed E-state index contributed by atoms with van der Waals surface area (Å²) in [6, 6.07) is 11.1. The zero-order chi connectivity index (χ0) is 20.3. The number of hydrogen-bond donors (Lipinski definition) is 1. The molecule has 2 aromatic rings. The molecule has 5 nitrogen and oxygen atoms in total. The second-order valence-corrected chi connectivity index (χ2v) is 6.75. The number of hydrogen-bond acceptors (Lipinski definition) is 3. The van der Waals surface area contributed by atoms with Crippen molar-refractivity contribution in [3.8, 4) is 0 Å². The molecule has 148 valence electrons. The number of pyridine rings is 1. The van der Waals surface area contributed by atoms with Gasteiger partial charge in [-0.15, -0.1) is 0 Å². The average Bonchev–Trinajstić information content (AvgIpc) is 2.67. The van der Waals surface area contributed by atoms with E-state index in [1.165, 1.54) is 13.0 Å². The lowest BCUT2D eigenvalue weighted by molar-refractivity contribution is -0.141. The molecule has 1 N–H and O–H groups in total. The van der Waals surface area contributed by atoms with Crippen LogP contribution in [0.5, 0.6) is 0 Å². The standard InChI is InChI=1S/C20H20F3N3O2/c1-13-16(7-8-17(24-13)20(21,22)23)19(28)26-11-9-14(10-12-26)18(27)25-15-5-3-2-4-6-15/h2-8,14H,9-12H2,1H3,(H,25,27). The van der Waals surface area contributed by atoms with Crippen molar-refractivity contribution in [2.24, 2.45) is 5.92 Å². The van der Waals surface area contributed by atoms with Crippen LogP contribution in [0.4, 0.5) is 18.9 Å². The van der Waals surface area contributed by atoms with Gasteiger partial charge in [0.15, 0.2) is 0 Å². The number of amides is 2. The van der Waals surface area contributed by atoms with Crippen molar-refractivity contribution in [2.45, 2.75) is 25.9 Å². The van der Waals surface area contributed by atoms with Crippen molar-refractivity contribution in [3.05, 3.63) is 59.4 Å². The van der Waals surface area contributed by atoms with E-state index in [0.717, 1.165) is 11.8 Å². The Morgan fingerprint density at radius 2 is 1.71 bits per heavy atom. The minimum absolute atomic E-state index is 0.0452. The van der Waals surface area contributed by atoms with Gasteiger partial charge in [-0.2, -0.15) is 13.2 Å². The summed E-state index contributed by atoms with van der Waals surface area (Å²) in [5, 5.41) is 2.86. The zero-order valence-corrected chi connectivity index (χ0v) is 15.3. The molecule has 28 heavy (non-hydrogen) atoms. The number of carbonyl (C=O) groups is 2. The minimum atomic E-state index is -4.54. The third-order valence-corrected chi connectivity index (χ3v) is 4.80. The summed E-state index contributed by atoms with van der Waals surface area (Å²) in [7, 11) is 0. The van der Waals surface area contributed by atoms with Crippen LogP contribution >= 0.6 is 0 Å². The summed E-state index contributed by atoms with van der Waals surface area (Å²) in [4.78, 5) is 30.1. The normalized spacial score (nSPS) is 15.4. The monoisotopic (exact) mass is 391 g/mol. The smallest absolute Gasteiger partial charge is 0.339 e. The van der Waals surface area contributed by atoms with Crippen LogP contribution in [0.15, 0.2) is 42.5 Å². The second kappa shape index (κ2) is 8.00. The van der Waals surface area contributed by atoms with Crippen LogP contribution in [0.3, 0.4) is 0 Å². The first-order valence-corrected chi connectivity index (χ1v) is 8.96. The first kappa shape index (κ1) is 19.9. The summed E-state index contributed by atoms with van der Waals surface area (Å²) in [6.45, 7) is 2.13. The Morgan fingerprint density at radius 1 is 1.07 bits per heavy atom. The summed E-state index contributed by atoms with van der Waals surface area (Å²) in [5.74, 6) is -0.664. The number of para-hydroxylation sites is 1. The number of nitrogens with one attached hydrogen (secondary N) is 1. The summed E-state index contributed by atoms with van der Waals surface area (Å²) in [5.41, 5.74) is -0.0979. The number of carbonyl (C=O) groups excluding carboxylic acids is 2. The lowest BCUT2D eigenvalue weighted by Crippen LogP contribution is -2.41. The molecule has 2 amide bonds. The van der Waals surface area contributed by atoms with Crippen LogP contribution in [0, 0.1) is 12.8 Å². The van der Waals surface area contributed by atoms with Gasteiger partial charge >= 0.3 is 6.18 Å². The predicted octanol–water partition coefficient (Wildman–Crippen LogP) is 3.90. The topological polar surface area (TPSA) is 62.3 Å². The van der Waals surface area contributed by atoms with Crippen LogP contribution in [-0.4, -0.2) is 34.8 Å². The lowest BCUT2D eigenvalue weighted by Gasteiger charge is -2.31. The van der Waals surface area contributed by atoms with Crippen molar-refractivity contribution in [3.63, 3.8) is 0 Å². The van der Waals surface area contributed by atoms with Crippen LogP contribution in [0.2, 0.25) is 0 Å². The Kier molecular flexibility index (Phi) is 5.67. The van der Waals surface area contributed by atoms with E-state index >= 15 is 0 Å². The van der Waals surface area contributed by atoms with E-state index in [4.69, 9.17) is 0 Å². The Bertz CT molecular complexity index is 861. The highest BCUT2D eigenvalue weighted by atomic mass is 19.4. The van der Waals surface area contributed by atoms with Gasteiger partial charge in [-0.25, -0.2) is 4.98 Å². The first-order chi connectivity index (χ1) is 13.3. The van der Waals surface area contributed by atoms with Crippen molar-refractivity contribution in [1.29, 1.82) is 0 Å². The molecule has 0 unspecified atom stereocenters. The van der Waals surface area contributed by atoms with Crippen LogP contribution in [0.25, 0.3) is 0 Å². The number of aryl methyl sites for hydroxylation is 1. The highest BCUT2D eigenvalue weighted by molar-refractivity contribution is 5.96. The number of halogens is 3. The highest BCUT2D eigenvalue weighted by Gasteiger charge is 2.34. The van der Waals surface area contributed by atoms with E-state index in [1.54, 1.807) is 17.0 Å². The van der Waals surface area contributed by atoms with Gasteiger partial charge in [0.05, 0.1) is 11.3 Å². The molecule has 0 radical (unpaired) electrons. The molecule has 0 saturated carbocycles. The van der Waals surface area contributed by atoms with Crippen LogP contribution in [-0.2, 0) is 11.0 Å². The predicted molar refractivity (Wildman–Crippen MR) is 97.7 cm³/mol. The van der Waals surface area contributed by atoms with E-state index in [-0.39, 0.29) is 29.0 Å². The number of anilines is 1. The fourth-order valence-electron chi connectivity index (χ4n) is 3.23. The number of piperidine rings is 1. The maximum Gasteiger partial charge on any atom is 0.433 e. The summed E-state index contributed by atoms with van der Waals surface area (Å²) >= 11 is 0. The molecular weight excluding hydrogens is 371 g/mol. The van der Waals surface area contributed by atoms with Crippen molar-refractivity contribution < 1.29 is 22.8 Å². The van der Waals surface area contributed by atoms with Gasteiger partial charge in [0.1, 0.15) is 5.69 Å². The Balaban J connectivity index is 1.60. The molecule has 1 fully saturated rings. The van der Waals surface area contributed by atoms with Crippen LogP contribution in [0.1, 0.15) is 34.6 Å². The third-order valence-electron chi connectivity index (χ3n) is 4.80. The number of benzene rings is 1. The Hall–Kier alpha value is -2.90. The summed E-state index contributed by atoms with van der Waals surface area (Å²) in [6.07, 6.45) is -3.55. The van der Waals surface area contributed by atoms with Crippen molar-refractivity contribution in [2.75, 3.05) is 18.4 Å². The molecule has 2 heterocycles. The SMILES string of the molecule is Cc1nc(C(F)(F)F)ccc1C(=O)N1CCC(C(=O)Nc2ccccc2)CC1. The number of likely N-dealkylation sites (tertiary alicyclic amines) is 1. The molecule has 0 aliphatic carbocycles. The fraction of sp³-hybridized carbons (Fsp3) is 0.350. The Labute approximate surface area is 160 Å². The fourth-order valence-corrected chi connectivity index (χ4v) is 3.23. The highest BCUT2D eigenvalue weighted by Crippen LogP contribution is 2.29. The van der Waals surface area contributed by atoms with E-state index < -0.39 is 11.9 Å². The second-order valence-electron chi connectivity index (χ2n) is 6.75. The van der Waals surface area contributed by atoms with E-state index in [9.17, 15) is 22.8 Å². The van der Waals surface area contributed by atoms with Gasteiger partial charge in [0, 0.05) is 24.7 Å². The minimum Gasteiger partial charge on any atom is -0.339 e. The van der Waals surface area contributed by atoms with Crippen LogP contribution < -0.4 is 5.32 Å². The molecule has 3 rings (SSSR count). The number of rotatable bonds is 3. The average molecular weight is 391 g/mol. The quantitative estimate of drug-likeness (QED) is 0.863. The number of aromatic nitrogens is 1. The van der Waals surface area contributed by atoms with E-state index in [0.29, 0.717) is 25.9 Å². The maximum atomic E-state index is 12.7. The molecule has 1 aliphatic heterocycles. The van der Waals surface area contributed by atoms with Crippen molar-refractivity contribution in [1.82, 2.24) is 9.88 Å². The number of alkyl halides is 3. The van der Waals surface area contributed by atoms with Crippen molar-refractivity contribution >= 4 is 17.5 Å². The third kappa shape index (κ3) is 4.49. The van der Waals surface area contributed by atoms with Gasteiger partial charge < -0.3 is 10.2 Å². The maximum absolute atomic E-state index is 12.7. The molecule has 1 aromatic heterocycles. The molecule has 1 aliphatic rings. The van der Waals surface area contributed by atoms with Gasteiger partial charge in [0.25, 0.3) is 5.91 Å².